The van der Waals surface area contributed by atoms with Gasteiger partial charge in [-0.05, 0) is 31.2 Å². The highest BCUT2D eigenvalue weighted by Gasteiger charge is 2.20. The standard InChI is InChI=1S/C10H16N6OS/c1-10(2,3)16-9(13-14-15-16)18-7-8(17)12-6-4-5-11/h4,6-7H2,1-3H3,(H,12,17). The van der Waals surface area contributed by atoms with Crippen molar-refractivity contribution in [3.05, 3.63) is 0 Å². The van der Waals surface area contributed by atoms with E-state index in [2.05, 4.69) is 20.8 Å². The van der Waals surface area contributed by atoms with E-state index in [-0.39, 0.29) is 17.2 Å². The van der Waals surface area contributed by atoms with E-state index in [4.69, 9.17) is 5.26 Å². The van der Waals surface area contributed by atoms with Crippen molar-refractivity contribution >= 4 is 17.7 Å². The van der Waals surface area contributed by atoms with Crippen LogP contribution < -0.4 is 5.32 Å². The lowest BCUT2D eigenvalue weighted by Crippen LogP contribution is -2.27. The number of nitrogens with zero attached hydrogens (tertiary/aromatic N) is 5. The number of rotatable bonds is 5. The van der Waals surface area contributed by atoms with Crippen molar-refractivity contribution in [1.29, 1.82) is 5.26 Å². The van der Waals surface area contributed by atoms with Gasteiger partial charge >= 0.3 is 0 Å². The topological polar surface area (TPSA) is 96.5 Å². The minimum Gasteiger partial charge on any atom is -0.354 e. The van der Waals surface area contributed by atoms with E-state index in [1.165, 1.54) is 11.8 Å². The quantitative estimate of drug-likeness (QED) is 0.618. The summed E-state index contributed by atoms with van der Waals surface area (Å²) in [4.78, 5) is 11.5. The SMILES string of the molecule is CC(C)(C)n1nnnc1SCC(=O)NCCC#N. The van der Waals surface area contributed by atoms with Crippen molar-refractivity contribution in [2.24, 2.45) is 0 Å². The number of nitrogens with one attached hydrogen (secondary N) is 1. The van der Waals surface area contributed by atoms with Gasteiger partial charge in [0.15, 0.2) is 0 Å². The van der Waals surface area contributed by atoms with Crippen molar-refractivity contribution in [1.82, 2.24) is 25.5 Å². The van der Waals surface area contributed by atoms with Gasteiger partial charge in [0, 0.05) is 6.54 Å². The van der Waals surface area contributed by atoms with Gasteiger partial charge < -0.3 is 5.32 Å². The summed E-state index contributed by atoms with van der Waals surface area (Å²) in [5.41, 5.74) is -0.219. The van der Waals surface area contributed by atoms with Crippen LogP contribution in [0, 0.1) is 11.3 Å². The Morgan fingerprint density at radius 3 is 2.89 bits per heavy atom. The highest BCUT2D eigenvalue weighted by atomic mass is 32.2. The molecule has 0 aromatic carbocycles. The van der Waals surface area contributed by atoms with Gasteiger partial charge in [-0.2, -0.15) is 5.26 Å². The van der Waals surface area contributed by atoms with Gasteiger partial charge in [0.25, 0.3) is 0 Å². The third kappa shape index (κ3) is 4.33. The Morgan fingerprint density at radius 2 is 2.28 bits per heavy atom. The first-order chi connectivity index (χ1) is 8.45. The Labute approximate surface area is 110 Å². The average molecular weight is 268 g/mol. The zero-order valence-corrected chi connectivity index (χ0v) is 11.5. The predicted octanol–water partition coefficient (Wildman–Crippen LogP) is 0.550. The van der Waals surface area contributed by atoms with Gasteiger partial charge in [0.2, 0.25) is 11.1 Å². The Hall–Kier alpha value is -1.62. The molecule has 1 N–H and O–H groups in total. The largest absolute Gasteiger partial charge is 0.354 e. The van der Waals surface area contributed by atoms with Crippen LogP contribution >= 0.6 is 11.8 Å². The second kappa shape index (κ2) is 6.35. The minimum absolute atomic E-state index is 0.126. The lowest BCUT2D eigenvalue weighted by molar-refractivity contribution is -0.118. The van der Waals surface area contributed by atoms with Gasteiger partial charge in [-0.15, -0.1) is 5.10 Å². The number of carbonyl (C=O) groups is 1. The smallest absolute Gasteiger partial charge is 0.230 e. The van der Waals surface area contributed by atoms with Crippen molar-refractivity contribution in [3.8, 4) is 6.07 Å². The van der Waals surface area contributed by atoms with E-state index in [1.807, 2.05) is 26.8 Å². The molecule has 98 valence electrons. The van der Waals surface area contributed by atoms with Crippen LogP contribution in [0.1, 0.15) is 27.2 Å². The summed E-state index contributed by atoms with van der Waals surface area (Å²) in [6.07, 6.45) is 0.316. The molecule has 1 rings (SSSR count). The molecular weight excluding hydrogens is 252 g/mol. The number of aromatic nitrogens is 4. The molecule has 0 aliphatic rings. The highest BCUT2D eigenvalue weighted by Crippen LogP contribution is 2.20. The highest BCUT2D eigenvalue weighted by molar-refractivity contribution is 7.99. The second-order valence-corrected chi connectivity index (χ2v) is 5.53. The molecule has 0 aliphatic carbocycles. The van der Waals surface area contributed by atoms with Crippen LogP contribution in [-0.4, -0.2) is 38.4 Å². The molecule has 7 nitrogen and oxygen atoms in total. The first-order valence-electron chi connectivity index (χ1n) is 5.50. The first-order valence-corrected chi connectivity index (χ1v) is 6.49. The molecule has 1 amide bonds. The number of hydrogen-bond acceptors (Lipinski definition) is 6. The van der Waals surface area contributed by atoms with E-state index in [0.717, 1.165) is 0 Å². The molecule has 0 saturated heterocycles. The molecule has 1 aromatic heterocycles. The molecule has 0 aliphatic heterocycles. The van der Waals surface area contributed by atoms with Gasteiger partial charge in [-0.1, -0.05) is 11.8 Å². The molecule has 8 heteroatoms. The van der Waals surface area contributed by atoms with Crippen LogP contribution in [0.25, 0.3) is 0 Å². The van der Waals surface area contributed by atoms with Crippen LogP contribution in [0.15, 0.2) is 5.16 Å². The number of thioether (sulfide) groups is 1. The summed E-state index contributed by atoms with van der Waals surface area (Å²) >= 11 is 1.28. The first kappa shape index (κ1) is 14.4. The molecule has 0 fully saturated rings. The number of nitriles is 1. The molecule has 18 heavy (non-hydrogen) atoms. The zero-order chi connectivity index (χ0) is 13.6. The number of tetrazole rings is 1. The fourth-order valence-corrected chi connectivity index (χ4v) is 2.02. The Kier molecular flexibility index (Phi) is 5.09. The number of carbonyl (C=O) groups excluding carboxylic acids is 1. The zero-order valence-electron chi connectivity index (χ0n) is 10.7. The van der Waals surface area contributed by atoms with Crippen LogP contribution in [0.5, 0.6) is 0 Å². The maximum Gasteiger partial charge on any atom is 0.230 e. The molecule has 0 saturated carbocycles. The monoisotopic (exact) mass is 268 g/mol. The third-order valence-corrected chi connectivity index (χ3v) is 2.89. The molecule has 0 spiro atoms. The van der Waals surface area contributed by atoms with Crippen LogP contribution in [0.2, 0.25) is 0 Å². The third-order valence-electron chi connectivity index (χ3n) is 1.97. The summed E-state index contributed by atoms with van der Waals surface area (Å²) in [6, 6.07) is 1.96. The molecular formula is C10H16N6OS. The number of hydrogen-bond donors (Lipinski definition) is 1. The van der Waals surface area contributed by atoms with Crippen molar-refractivity contribution in [2.45, 2.75) is 37.9 Å². The van der Waals surface area contributed by atoms with E-state index in [0.29, 0.717) is 18.1 Å². The normalized spacial score (nSPS) is 11.0. The van der Waals surface area contributed by atoms with Gasteiger partial charge in [-0.25, -0.2) is 4.68 Å². The van der Waals surface area contributed by atoms with Crippen molar-refractivity contribution in [2.75, 3.05) is 12.3 Å². The molecule has 0 bridgehead atoms. The van der Waals surface area contributed by atoms with Crippen LogP contribution in [-0.2, 0) is 10.3 Å². The maximum atomic E-state index is 11.5. The van der Waals surface area contributed by atoms with Gasteiger partial charge in [0.05, 0.1) is 23.8 Å². The summed E-state index contributed by atoms with van der Waals surface area (Å²) in [7, 11) is 0. The lowest BCUT2D eigenvalue weighted by Gasteiger charge is -2.19. The summed E-state index contributed by atoms with van der Waals surface area (Å²) in [6.45, 7) is 6.33. The Balaban J connectivity index is 2.47. The van der Waals surface area contributed by atoms with E-state index >= 15 is 0 Å². The maximum absolute atomic E-state index is 11.5. The molecule has 0 atom stereocenters. The lowest BCUT2D eigenvalue weighted by atomic mass is 10.1. The summed E-state index contributed by atoms with van der Waals surface area (Å²) < 4.78 is 1.68. The molecule has 0 radical (unpaired) electrons. The van der Waals surface area contributed by atoms with Crippen molar-refractivity contribution in [3.63, 3.8) is 0 Å². The Morgan fingerprint density at radius 1 is 1.56 bits per heavy atom. The average Bonchev–Trinajstić information content (AvgIpc) is 2.74. The minimum atomic E-state index is -0.219. The van der Waals surface area contributed by atoms with E-state index in [9.17, 15) is 4.79 Å². The van der Waals surface area contributed by atoms with Gasteiger partial charge in [-0.3, -0.25) is 4.79 Å². The predicted molar refractivity (Wildman–Crippen MR) is 66.8 cm³/mol. The fourth-order valence-electron chi connectivity index (χ4n) is 1.13. The van der Waals surface area contributed by atoms with E-state index in [1.54, 1.807) is 4.68 Å². The second-order valence-electron chi connectivity index (χ2n) is 4.59. The molecule has 1 aromatic rings. The fraction of sp³-hybridized carbons (Fsp3) is 0.700. The Bertz CT molecular complexity index is 444. The summed E-state index contributed by atoms with van der Waals surface area (Å²) in [5, 5.41) is 23.0. The molecule has 1 heterocycles. The van der Waals surface area contributed by atoms with Crippen LogP contribution in [0.4, 0.5) is 0 Å². The summed E-state index contributed by atoms with van der Waals surface area (Å²) in [5.74, 6) is 0.112. The van der Waals surface area contributed by atoms with Gasteiger partial charge in [0.1, 0.15) is 0 Å². The number of amides is 1. The van der Waals surface area contributed by atoms with Crippen LogP contribution in [0.3, 0.4) is 0 Å². The molecule has 0 unspecified atom stereocenters. The van der Waals surface area contributed by atoms with E-state index < -0.39 is 0 Å². The van der Waals surface area contributed by atoms with Crippen molar-refractivity contribution < 1.29 is 4.79 Å².